The minimum Gasteiger partial charge on any atom is -0.493 e. The zero-order valence-electron chi connectivity index (χ0n) is 14.3. The molecule has 0 heterocycles. The summed E-state index contributed by atoms with van der Waals surface area (Å²) in [6.45, 7) is 1.21. The van der Waals surface area contributed by atoms with Gasteiger partial charge in [-0.3, -0.25) is 0 Å². The third-order valence-corrected chi connectivity index (χ3v) is 3.35. The number of nitrogens with one attached hydrogen (secondary N) is 1. The Balaban J connectivity index is 1.78. The highest BCUT2D eigenvalue weighted by Gasteiger charge is 2.04. The lowest BCUT2D eigenvalue weighted by atomic mass is 10.2. The van der Waals surface area contributed by atoms with Crippen molar-refractivity contribution in [3.8, 4) is 17.2 Å². The molecule has 0 atom stereocenters. The van der Waals surface area contributed by atoms with E-state index in [4.69, 9.17) is 19.9 Å². The summed E-state index contributed by atoms with van der Waals surface area (Å²) in [5.41, 5.74) is 6.76. The largest absolute Gasteiger partial charge is 0.493 e. The van der Waals surface area contributed by atoms with E-state index in [9.17, 15) is 4.39 Å². The maximum Gasteiger partial charge on any atom is 0.189 e. The summed E-state index contributed by atoms with van der Waals surface area (Å²) >= 11 is 0. The molecular weight excluding hydrogens is 325 g/mol. The van der Waals surface area contributed by atoms with Crippen LogP contribution in [0.3, 0.4) is 0 Å². The van der Waals surface area contributed by atoms with E-state index in [0.717, 1.165) is 5.56 Å². The number of methoxy groups -OCH3 is 2. The predicted molar refractivity (Wildman–Crippen MR) is 94.8 cm³/mol. The van der Waals surface area contributed by atoms with Gasteiger partial charge in [-0.05, 0) is 29.8 Å². The van der Waals surface area contributed by atoms with Crippen LogP contribution in [0.15, 0.2) is 47.5 Å². The highest BCUT2D eigenvalue weighted by atomic mass is 19.1. The number of nitrogens with zero attached hydrogens (tertiary/aromatic N) is 1. The molecule has 0 saturated heterocycles. The lowest BCUT2D eigenvalue weighted by Crippen LogP contribution is -2.34. The maximum absolute atomic E-state index is 13.0. The first-order valence-electron chi connectivity index (χ1n) is 7.75. The van der Waals surface area contributed by atoms with Crippen molar-refractivity contribution in [2.24, 2.45) is 10.7 Å². The van der Waals surface area contributed by atoms with Gasteiger partial charge in [-0.25, -0.2) is 9.38 Å². The Labute approximate surface area is 146 Å². The van der Waals surface area contributed by atoms with Gasteiger partial charge in [-0.1, -0.05) is 12.1 Å². The van der Waals surface area contributed by atoms with Crippen LogP contribution in [0.2, 0.25) is 0 Å². The maximum atomic E-state index is 13.0. The fraction of sp³-hybridized carbons (Fsp3) is 0.278. The molecule has 0 unspecified atom stereocenters. The number of nitrogens with two attached hydrogens (primary N) is 1. The molecule has 2 rings (SSSR count). The third-order valence-electron chi connectivity index (χ3n) is 3.35. The highest BCUT2D eigenvalue weighted by molar-refractivity contribution is 5.77. The van der Waals surface area contributed by atoms with Crippen LogP contribution >= 0.6 is 0 Å². The van der Waals surface area contributed by atoms with Crippen LogP contribution in [-0.2, 0) is 6.54 Å². The van der Waals surface area contributed by atoms with Crippen molar-refractivity contribution >= 4 is 5.96 Å². The molecule has 6 nitrogen and oxygen atoms in total. The van der Waals surface area contributed by atoms with Crippen LogP contribution in [0.4, 0.5) is 4.39 Å². The van der Waals surface area contributed by atoms with Crippen molar-refractivity contribution in [3.63, 3.8) is 0 Å². The average molecular weight is 347 g/mol. The Hall–Kier alpha value is -2.96. The van der Waals surface area contributed by atoms with Crippen LogP contribution in [0.25, 0.3) is 0 Å². The molecule has 0 amide bonds. The van der Waals surface area contributed by atoms with Crippen molar-refractivity contribution < 1.29 is 18.6 Å². The number of hydrogen-bond acceptors (Lipinski definition) is 4. The van der Waals surface area contributed by atoms with Gasteiger partial charge < -0.3 is 25.3 Å². The lowest BCUT2D eigenvalue weighted by Gasteiger charge is -2.10. The topological polar surface area (TPSA) is 78.1 Å². The Bertz CT molecular complexity index is 722. The quantitative estimate of drug-likeness (QED) is 0.435. The van der Waals surface area contributed by atoms with Gasteiger partial charge in [0.05, 0.1) is 27.3 Å². The number of halogens is 1. The predicted octanol–water partition coefficient (Wildman–Crippen LogP) is 2.33. The molecule has 0 spiro atoms. The van der Waals surface area contributed by atoms with Gasteiger partial charge >= 0.3 is 0 Å². The molecule has 2 aromatic carbocycles. The zero-order valence-corrected chi connectivity index (χ0v) is 14.3. The van der Waals surface area contributed by atoms with Crippen molar-refractivity contribution in [2.75, 3.05) is 27.4 Å². The average Bonchev–Trinajstić information content (AvgIpc) is 2.63. The van der Waals surface area contributed by atoms with Crippen molar-refractivity contribution in [3.05, 3.63) is 53.8 Å². The number of rotatable bonds is 8. The van der Waals surface area contributed by atoms with E-state index in [1.807, 2.05) is 18.2 Å². The Morgan fingerprint density at radius 3 is 2.64 bits per heavy atom. The molecular formula is C18H22FN3O3. The smallest absolute Gasteiger partial charge is 0.189 e. The fourth-order valence-corrected chi connectivity index (χ4v) is 2.12. The van der Waals surface area contributed by atoms with Gasteiger partial charge in [0.2, 0.25) is 0 Å². The van der Waals surface area contributed by atoms with E-state index in [1.54, 1.807) is 26.4 Å². The minimum atomic E-state index is -0.332. The first-order chi connectivity index (χ1) is 12.1. The molecule has 0 radical (unpaired) electrons. The van der Waals surface area contributed by atoms with E-state index >= 15 is 0 Å². The Morgan fingerprint density at radius 1 is 1.12 bits per heavy atom. The molecule has 0 aliphatic heterocycles. The number of hydrogen-bond donors (Lipinski definition) is 2. The monoisotopic (exact) mass is 347 g/mol. The van der Waals surface area contributed by atoms with E-state index in [2.05, 4.69) is 10.3 Å². The van der Waals surface area contributed by atoms with Crippen LogP contribution in [0, 0.1) is 5.82 Å². The summed E-state index contributed by atoms with van der Waals surface area (Å²) in [5.74, 6) is 1.75. The summed E-state index contributed by atoms with van der Waals surface area (Å²) in [4.78, 5) is 4.26. The first-order valence-corrected chi connectivity index (χ1v) is 7.75. The molecule has 3 N–H and O–H groups in total. The molecule has 0 bridgehead atoms. The minimum absolute atomic E-state index is 0.303. The summed E-state index contributed by atoms with van der Waals surface area (Å²) in [6.07, 6.45) is 0. The summed E-state index contributed by atoms with van der Waals surface area (Å²) in [5, 5.41) is 2.94. The second kappa shape index (κ2) is 9.36. The SMILES string of the molecule is COc1ccc(CN=C(N)NCCOc2cccc(F)c2)cc1OC. The van der Waals surface area contributed by atoms with E-state index < -0.39 is 0 Å². The standard InChI is InChI=1S/C18H22FN3O3/c1-23-16-7-6-13(10-17(16)24-2)12-22-18(20)21-8-9-25-15-5-3-4-14(19)11-15/h3-7,10-11H,8-9,12H2,1-2H3,(H3,20,21,22). The van der Waals surface area contributed by atoms with Crippen LogP contribution in [0.5, 0.6) is 17.2 Å². The highest BCUT2D eigenvalue weighted by Crippen LogP contribution is 2.27. The zero-order chi connectivity index (χ0) is 18.1. The van der Waals surface area contributed by atoms with E-state index in [0.29, 0.717) is 42.9 Å². The second-order valence-electron chi connectivity index (χ2n) is 5.12. The van der Waals surface area contributed by atoms with Gasteiger partial charge in [0.1, 0.15) is 18.2 Å². The Morgan fingerprint density at radius 2 is 1.92 bits per heavy atom. The van der Waals surface area contributed by atoms with Crippen LogP contribution < -0.4 is 25.3 Å². The molecule has 25 heavy (non-hydrogen) atoms. The van der Waals surface area contributed by atoms with Crippen molar-refractivity contribution in [2.45, 2.75) is 6.54 Å². The lowest BCUT2D eigenvalue weighted by molar-refractivity contribution is 0.320. The van der Waals surface area contributed by atoms with Crippen molar-refractivity contribution in [1.82, 2.24) is 5.32 Å². The molecule has 134 valence electrons. The Kier molecular flexibility index (Phi) is 6.88. The van der Waals surface area contributed by atoms with E-state index in [1.165, 1.54) is 12.1 Å². The normalized spacial score (nSPS) is 11.1. The summed E-state index contributed by atoms with van der Waals surface area (Å²) in [7, 11) is 3.17. The number of guanidine groups is 1. The number of ether oxygens (including phenoxy) is 3. The van der Waals surface area contributed by atoms with Gasteiger partial charge in [0.15, 0.2) is 17.5 Å². The number of benzene rings is 2. The molecule has 0 aliphatic carbocycles. The number of aliphatic imine (C=N–C) groups is 1. The first kappa shape index (κ1) is 18.4. The summed E-state index contributed by atoms with van der Waals surface area (Å²) < 4.78 is 28.9. The molecule has 0 aromatic heterocycles. The molecule has 2 aromatic rings. The molecule has 7 heteroatoms. The van der Waals surface area contributed by atoms with Crippen molar-refractivity contribution in [1.29, 1.82) is 0 Å². The third kappa shape index (κ3) is 5.87. The van der Waals surface area contributed by atoms with Crippen LogP contribution in [-0.4, -0.2) is 33.3 Å². The molecule has 0 fully saturated rings. The van der Waals surface area contributed by atoms with Gasteiger partial charge in [-0.15, -0.1) is 0 Å². The van der Waals surface area contributed by atoms with E-state index in [-0.39, 0.29) is 5.82 Å². The summed E-state index contributed by atoms with van der Waals surface area (Å²) in [6, 6.07) is 11.5. The van der Waals surface area contributed by atoms with Gasteiger partial charge in [0.25, 0.3) is 0 Å². The van der Waals surface area contributed by atoms with Crippen LogP contribution in [0.1, 0.15) is 5.56 Å². The molecule has 0 aliphatic rings. The van der Waals surface area contributed by atoms with Gasteiger partial charge in [0, 0.05) is 6.07 Å². The molecule has 0 saturated carbocycles. The van der Waals surface area contributed by atoms with Gasteiger partial charge in [-0.2, -0.15) is 0 Å². The second-order valence-corrected chi connectivity index (χ2v) is 5.12. The fourth-order valence-electron chi connectivity index (χ4n) is 2.12.